The summed E-state index contributed by atoms with van der Waals surface area (Å²) in [5.74, 6) is 0.417. The summed E-state index contributed by atoms with van der Waals surface area (Å²) in [6.45, 7) is 0.0268. The molecule has 112 valence electrons. The van der Waals surface area contributed by atoms with Gasteiger partial charge in [0.1, 0.15) is 5.75 Å². The van der Waals surface area contributed by atoms with E-state index >= 15 is 0 Å². The zero-order chi connectivity index (χ0) is 14.8. The summed E-state index contributed by atoms with van der Waals surface area (Å²) in [4.78, 5) is 0.0601. The zero-order valence-electron chi connectivity index (χ0n) is 11.2. The number of aliphatic hydroxyl groups is 1. The van der Waals surface area contributed by atoms with Gasteiger partial charge in [-0.25, -0.2) is 13.1 Å². The standard InChI is InChI=1S/C13H18ClNO4S/c1-19-12-5-4-10(8-11(12)14)20(17,18)15-9-13(16)6-2-3-7-13/h4-5,8,15-16H,2-3,6-7,9H2,1H3. The van der Waals surface area contributed by atoms with Crippen LogP contribution in [0.1, 0.15) is 25.7 Å². The van der Waals surface area contributed by atoms with E-state index in [4.69, 9.17) is 16.3 Å². The Labute approximate surface area is 124 Å². The lowest BCUT2D eigenvalue weighted by atomic mass is 10.0. The van der Waals surface area contributed by atoms with Gasteiger partial charge in [0.15, 0.2) is 0 Å². The first-order valence-corrected chi connectivity index (χ1v) is 8.28. The fourth-order valence-electron chi connectivity index (χ4n) is 2.34. The minimum Gasteiger partial charge on any atom is -0.495 e. The number of hydrogen-bond acceptors (Lipinski definition) is 4. The van der Waals surface area contributed by atoms with Crippen molar-refractivity contribution >= 4 is 21.6 Å². The highest BCUT2D eigenvalue weighted by Crippen LogP contribution is 2.30. The molecular formula is C13H18ClNO4S. The molecule has 0 aliphatic heterocycles. The molecule has 0 amide bonds. The summed E-state index contributed by atoms with van der Waals surface area (Å²) in [6.07, 6.45) is 3.09. The van der Waals surface area contributed by atoms with E-state index in [1.54, 1.807) is 0 Å². The van der Waals surface area contributed by atoms with E-state index in [9.17, 15) is 13.5 Å². The van der Waals surface area contributed by atoms with E-state index in [0.29, 0.717) is 18.6 Å². The van der Waals surface area contributed by atoms with Crippen LogP contribution in [0.2, 0.25) is 5.02 Å². The monoisotopic (exact) mass is 319 g/mol. The molecule has 1 aromatic rings. The van der Waals surface area contributed by atoms with Crippen molar-refractivity contribution < 1.29 is 18.3 Å². The zero-order valence-corrected chi connectivity index (χ0v) is 12.8. The Kier molecular flexibility index (Phi) is 4.59. The Morgan fingerprint density at radius 1 is 1.40 bits per heavy atom. The lowest BCUT2D eigenvalue weighted by molar-refractivity contribution is 0.0532. The van der Waals surface area contributed by atoms with Crippen LogP contribution in [0.5, 0.6) is 5.75 Å². The van der Waals surface area contributed by atoms with Crippen molar-refractivity contribution in [3.05, 3.63) is 23.2 Å². The summed E-state index contributed by atoms with van der Waals surface area (Å²) in [7, 11) is -2.22. The second-order valence-electron chi connectivity index (χ2n) is 5.05. The van der Waals surface area contributed by atoms with Crippen molar-refractivity contribution in [2.45, 2.75) is 36.2 Å². The average Bonchev–Trinajstić information content (AvgIpc) is 2.84. The highest BCUT2D eigenvalue weighted by molar-refractivity contribution is 7.89. The summed E-state index contributed by atoms with van der Waals surface area (Å²) >= 11 is 5.92. The van der Waals surface area contributed by atoms with Crippen LogP contribution in [0.15, 0.2) is 23.1 Å². The van der Waals surface area contributed by atoms with Gasteiger partial charge in [0, 0.05) is 6.54 Å². The third kappa shape index (κ3) is 3.44. The van der Waals surface area contributed by atoms with Crippen LogP contribution >= 0.6 is 11.6 Å². The molecule has 0 saturated heterocycles. The second-order valence-corrected chi connectivity index (χ2v) is 7.23. The number of rotatable bonds is 5. The Morgan fingerprint density at radius 2 is 2.05 bits per heavy atom. The first-order chi connectivity index (χ1) is 9.36. The van der Waals surface area contributed by atoms with Gasteiger partial charge in [0.25, 0.3) is 0 Å². The Hall–Kier alpha value is -0.820. The van der Waals surface area contributed by atoms with Crippen molar-refractivity contribution in [3.8, 4) is 5.75 Å². The Balaban J connectivity index is 2.12. The van der Waals surface area contributed by atoms with Gasteiger partial charge in [-0.3, -0.25) is 0 Å². The number of hydrogen-bond donors (Lipinski definition) is 2. The second kappa shape index (κ2) is 5.89. The molecule has 1 fully saturated rings. The Bertz CT molecular complexity index is 582. The largest absolute Gasteiger partial charge is 0.495 e. The molecule has 2 N–H and O–H groups in total. The number of nitrogens with one attached hydrogen (secondary N) is 1. The first-order valence-electron chi connectivity index (χ1n) is 6.42. The van der Waals surface area contributed by atoms with Gasteiger partial charge in [0.2, 0.25) is 10.0 Å². The smallest absolute Gasteiger partial charge is 0.240 e. The van der Waals surface area contributed by atoms with Crippen LogP contribution in [0.25, 0.3) is 0 Å². The summed E-state index contributed by atoms with van der Waals surface area (Å²) in [5, 5.41) is 10.4. The van der Waals surface area contributed by atoms with Crippen molar-refractivity contribution in [3.63, 3.8) is 0 Å². The maximum Gasteiger partial charge on any atom is 0.240 e. The van der Waals surface area contributed by atoms with E-state index in [-0.39, 0.29) is 16.5 Å². The van der Waals surface area contributed by atoms with Gasteiger partial charge in [-0.1, -0.05) is 24.4 Å². The number of ether oxygens (including phenoxy) is 1. The topological polar surface area (TPSA) is 75.6 Å². The normalized spacial score (nSPS) is 18.1. The summed E-state index contributed by atoms with van der Waals surface area (Å²) < 4.78 is 31.8. The molecule has 0 spiro atoms. The molecular weight excluding hydrogens is 302 g/mol. The summed E-state index contributed by atoms with van der Waals surface area (Å²) in [6, 6.07) is 4.26. The predicted molar refractivity (Wildman–Crippen MR) is 76.6 cm³/mol. The van der Waals surface area contributed by atoms with Crippen molar-refractivity contribution in [1.82, 2.24) is 4.72 Å². The van der Waals surface area contributed by atoms with E-state index in [0.717, 1.165) is 12.8 Å². The van der Waals surface area contributed by atoms with Gasteiger partial charge in [-0.2, -0.15) is 0 Å². The van der Waals surface area contributed by atoms with E-state index in [1.807, 2.05) is 0 Å². The molecule has 5 nitrogen and oxygen atoms in total. The fourth-order valence-corrected chi connectivity index (χ4v) is 3.80. The maximum atomic E-state index is 12.2. The van der Waals surface area contributed by atoms with Crippen LogP contribution < -0.4 is 9.46 Å². The third-order valence-corrected chi connectivity index (χ3v) is 5.25. The number of sulfonamides is 1. The minimum atomic E-state index is -3.68. The minimum absolute atomic E-state index is 0.0268. The number of halogens is 1. The lowest BCUT2D eigenvalue weighted by Crippen LogP contribution is -2.40. The van der Waals surface area contributed by atoms with Crippen molar-refractivity contribution in [1.29, 1.82) is 0 Å². The van der Waals surface area contributed by atoms with Gasteiger partial charge in [0.05, 0.1) is 22.6 Å². The predicted octanol–water partition coefficient (Wildman–Crippen LogP) is 1.93. The maximum absolute atomic E-state index is 12.2. The molecule has 0 radical (unpaired) electrons. The molecule has 1 aliphatic rings. The molecule has 20 heavy (non-hydrogen) atoms. The number of methoxy groups -OCH3 is 1. The highest BCUT2D eigenvalue weighted by Gasteiger charge is 2.32. The third-order valence-electron chi connectivity index (χ3n) is 3.56. The molecule has 1 saturated carbocycles. The van der Waals surface area contributed by atoms with Gasteiger partial charge in [-0.15, -0.1) is 0 Å². The van der Waals surface area contributed by atoms with Crippen molar-refractivity contribution in [2.24, 2.45) is 0 Å². The highest BCUT2D eigenvalue weighted by atomic mass is 35.5. The average molecular weight is 320 g/mol. The van der Waals surface area contributed by atoms with Crippen molar-refractivity contribution in [2.75, 3.05) is 13.7 Å². The molecule has 7 heteroatoms. The fraction of sp³-hybridized carbons (Fsp3) is 0.538. The SMILES string of the molecule is COc1ccc(S(=O)(=O)NCC2(O)CCCC2)cc1Cl. The van der Waals surface area contributed by atoms with Gasteiger partial charge in [-0.05, 0) is 31.0 Å². The van der Waals surface area contributed by atoms with Crippen LogP contribution in [0, 0.1) is 0 Å². The van der Waals surface area contributed by atoms with Crippen LogP contribution in [-0.4, -0.2) is 32.8 Å². The Morgan fingerprint density at radius 3 is 2.60 bits per heavy atom. The molecule has 1 aromatic carbocycles. The van der Waals surface area contributed by atoms with E-state index in [2.05, 4.69) is 4.72 Å². The molecule has 1 aliphatic carbocycles. The molecule has 0 heterocycles. The lowest BCUT2D eigenvalue weighted by Gasteiger charge is -2.22. The van der Waals surface area contributed by atoms with E-state index < -0.39 is 15.6 Å². The summed E-state index contributed by atoms with van der Waals surface area (Å²) in [5.41, 5.74) is -0.927. The van der Waals surface area contributed by atoms with Gasteiger partial charge < -0.3 is 9.84 Å². The van der Waals surface area contributed by atoms with Crippen LogP contribution in [0.3, 0.4) is 0 Å². The molecule has 2 rings (SSSR count). The van der Waals surface area contributed by atoms with Crippen LogP contribution in [-0.2, 0) is 10.0 Å². The van der Waals surface area contributed by atoms with E-state index in [1.165, 1.54) is 25.3 Å². The first kappa shape index (κ1) is 15.6. The molecule has 0 aromatic heterocycles. The molecule has 0 atom stereocenters. The van der Waals surface area contributed by atoms with Crippen LogP contribution in [0.4, 0.5) is 0 Å². The quantitative estimate of drug-likeness (QED) is 0.869. The molecule has 0 bridgehead atoms. The molecule has 0 unspecified atom stereocenters. The number of benzene rings is 1. The van der Waals surface area contributed by atoms with Gasteiger partial charge >= 0.3 is 0 Å².